The van der Waals surface area contributed by atoms with Crippen molar-refractivity contribution in [2.24, 2.45) is 5.73 Å². The summed E-state index contributed by atoms with van der Waals surface area (Å²) in [5.74, 6) is -0.337. The van der Waals surface area contributed by atoms with Crippen LogP contribution in [0.15, 0.2) is 30.3 Å². The van der Waals surface area contributed by atoms with Gasteiger partial charge in [-0.3, -0.25) is 4.79 Å². The minimum atomic E-state index is -0.287. The molecule has 0 bridgehead atoms. The van der Waals surface area contributed by atoms with Crippen molar-refractivity contribution in [1.29, 1.82) is 0 Å². The lowest BCUT2D eigenvalue weighted by Gasteiger charge is -2.07. The molecule has 0 amide bonds. The van der Waals surface area contributed by atoms with E-state index in [1.807, 2.05) is 0 Å². The zero-order valence-corrected chi connectivity index (χ0v) is 9.16. The Balaban J connectivity index is 2.79. The molecule has 0 aliphatic heterocycles. The van der Waals surface area contributed by atoms with Crippen LogP contribution in [0.25, 0.3) is 10.8 Å². The lowest BCUT2D eigenvalue weighted by Crippen LogP contribution is -2.14. The van der Waals surface area contributed by atoms with E-state index in [2.05, 4.69) is 0 Å². The third-order valence-corrected chi connectivity index (χ3v) is 2.66. The number of fused-ring (bicyclic) bond motifs is 1. The van der Waals surface area contributed by atoms with Gasteiger partial charge in [-0.15, -0.1) is 0 Å². The number of phenolic OH excluding ortho intramolecular Hbond substituents is 1. The van der Waals surface area contributed by atoms with Gasteiger partial charge in [-0.05, 0) is 29.0 Å². The molecule has 0 fully saturated rings. The number of hydrogen-bond acceptors (Lipinski definition) is 3. The van der Waals surface area contributed by atoms with E-state index >= 15 is 0 Å². The van der Waals surface area contributed by atoms with Gasteiger partial charge in [-0.1, -0.05) is 23.7 Å². The van der Waals surface area contributed by atoms with Gasteiger partial charge in [0.2, 0.25) is 0 Å². The monoisotopic (exact) mass is 235 g/mol. The molecule has 2 aromatic carbocycles. The minimum Gasteiger partial charge on any atom is -0.507 e. The average molecular weight is 236 g/mol. The van der Waals surface area contributed by atoms with Crippen molar-refractivity contribution in [3.8, 4) is 5.75 Å². The number of hydrogen-bond donors (Lipinski definition) is 2. The van der Waals surface area contributed by atoms with E-state index in [4.69, 9.17) is 17.3 Å². The van der Waals surface area contributed by atoms with Crippen molar-refractivity contribution in [3.05, 3.63) is 40.9 Å². The molecule has 0 atom stereocenters. The van der Waals surface area contributed by atoms with E-state index in [0.29, 0.717) is 10.4 Å². The SMILES string of the molecule is NCC(=O)c1c(O)ccc2cc(Cl)ccc12. The second kappa shape index (κ2) is 4.12. The van der Waals surface area contributed by atoms with Crippen molar-refractivity contribution >= 4 is 28.2 Å². The smallest absolute Gasteiger partial charge is 0.180 e. The maximum Gasteiger partial charge on any atom is 0.180 e. The quantitative estimate of drug-likeness (QED) is 0.786. The molecule has 0 saturated heterocycles. The minimum absolute atomic E-state index is 0.0507. The van der Waals surface area contributed by atoms with Crippen molar-refractivity contribution in [2.45, 2.75) is 0 Å². The van der Waals surface area contributed by atoms with Gasteiger partial charge in [0.25, 0.3) is 0 Å². The number of carbonyl (C=O) groups excluding carboxylic acids is 1. The van der Waals surface area contributed by atoms with Crippen LogP contribution in [0.3, 0.4) is 0 Å². The Bertz CT molecular complexity index is 566. The normalized spacial score (nSPS) is 10.6. The number of carbonyl (C=O) groups is 1. The number of Topliss-reactive ketones (excluding diaryl/α,β-unsaturated/α-hetero) is 1. The van der Waals surface area contributed by atoms with Gasteiger partial charge in [0.15, 0.2) is 5.78 Å². The van der Waals surface area contributed by atoms with Gasteiger partial charge in [0.05, 0.1) is 12.1 Å². The Morgan fingerprint density at radius 3 is 2.75 bits per heavy atom. The van der Waals surface area contributed by atoms with Crippen LogP contribution in [-0.2, 0) is 0 Å². The average Bonchev–Trinajstić information content (AvgIpc) is 2.28. The van der Waals surface area contributed by atoms with Gasteiger partial charge < -0.3 is 10.8 Å². The predicted octanol–water partition coefficient (Wildman–Crippen LogP) is 2.34. The summed E-state index contributed by atoms with van der Waals surface area (Å²) in [5.41, 5.74) is 5.57. The van der Waals surface area contributed by atoms with Crippen LogP contribution >= 0.6 is 11.6 Å². The van der Waals surface area contributed by atoms with E-state index in [1.165, 1.54) is 6.07 Å². The van der Waals surface area contributed by atoms with Crippen LogP contribution in [0.1, 0.15) is 10.4 Å². The zero-order valence-electron chi connectivity index (χ0n) is 8.40. The number of rotatable bonds is 2. The summed E-state index contributed by atoms with van der Waals surface area (Å²) < 4.78 is 0. The molecule has 0 aromatic heterocycles. The van der Waals surface area contributed by atoms with E-state index in [0.717, 1.165) is 5.39 Å². The van der Waals surface area contributed by atoms with E-state index in [-0.39, 0.29) is 23.6 Å². The lowest BCUT2D eigenvalue weighted by molar-refractivity contribution is 0.100. The van der Waals surface area contributed by atoms with Gasteiger partial charge >= 0.3 is 0 Å². The molecule has 3 N–H and O–H groups in total. The van der Waals surface area contributed by atoms with Crippen LogP contribution < -0.4 is 5.73 Å². The maximum absolute atomic E-state index is 11.6. The molecule has 0 aliphatic rings. The molecule has 16 heavy (non-hydrogen) atoms. The number of benzene rings is 2. The Morgan fingerprint density at radius 2 is 2.06 bits per heavy atom. The molecule has 3 nitrogen and oxygen atoms in total. The Hall–Kier alpha value is -1.58. The van der Waals surface area contributed by atoms with Gasteiger partial charge in [-0.2, -0.15) is 0 Å². The van der Waals surface area contributed by atoms with E-state index < -0.39 is 0 Å². The largest absolute Gasteiger partial charge is 0.507 e. The molecule has 0 spiro atoms. The van der Waals surface area contributed by atoms with Crippen molar-refractivity contribution in [1.82, 2.24) is 0 Å². The molecule has 0 heterocycles. The molecular formula is C12H10ClNO2. The van der Waals surface area contributed by atoms with Crippen LogP contribution in [0.5, 0.6) is 5.75 Å². The summed E-state index contributed by atoms with van der Waals surface area (Å²) in [7, 11) is 0. The zero-order chi connectivity index (χ0) is 11.7. The summed E-state index contributed by atoms with van der Waals surface area (Å²) >= 11 is 5.85. The van der Waals surface area contributed by atoms with Crippen molar-refractivity contribution in [3.63, 3.8) is 0 Å². The standard InChI is InChI=1S/C12H10ClNO2/c13-8-2-3-9-7(5-8)1-4-10(15)12(9)11(16)6-14/h1-5,15H,6,14H2. The fraction of sp³-hybridized carbons (Fsp3) is 0.0833. The van der Waals surface area contributed by atoms with Crippen LogP contribution in [0.2, 0.25) is 5.02 Å². The first-order valence-corrected chi connectivity index (χ1v) is 5.16. The Labute approximate surface area is 97.4 Å². The number of nitrogens with two attached hydrogens (primary N) is 1. The van der Waals surface area contributed by atoms with Gasteiger partial charge in [-0.25, -0.2) is 0 Å². The molecular weight excluding hydrogens is 226 g/mol. The fourth-order valence-corrected chi connectivity index (χ4v) is 1.86. The van der Waals surface area contributed by atoms with Crippen LogP contribution in [0, 0.1) is 0 Å². The van der Waals surface area contributed by atoms with Gasteiger partial charge in [0.1, 0.15) is 5.75 Å². The Morgan fingerprint density at radius 1 is 1.31 bits per heavy atom. The molecule has 2 aromatic rings. The highest BCUT2D eigenvalue weighted by atomic mass is 35.5. The Kier molecular flexibility index (Phi) is 2.81. The third kappa shape index (κ3) is 1.75. The first-order chi connectivity index (χ1) is 7.63. The topological polar surface area (TPSA) is 63.3 Å². The molecule has 0 unspecified atom stereocenters. The number of ketones is 1. The van der Waals surface area contributed by atoms with Gasteiger partial charge in [0, 0.05) is 5.02 Å². The van der Waals surface area contributed by atoms with Crippen LogP contribution in [-0.4, -0.2) is 17.4 Å². The second-order valence-corrected chi connectivity index (χ2v) is 3.89. The summed E-state index contributed by atoms with van der Waals surface area (Å²) in [5, 5.41) is 11.7. The number of aromatic hydroxyl groups is 1. The summed E-state index contributed by atoms with van der Waals surface area (Å²) in [4.78, 5) is 11.6. The summed E-state index contributed by atoms with van der Waals surface area (Å²) in [6.45, 7) is -0.130. The first-order valence-electron chi connectivity index (χ1n) is 4.78. The molecule has 4 heteroatoms. The fourth-order valence-electron chi connectivity index (χ4n) is 1.68. The van der Waals surface area contributed by atoms with E-state index in [1.54, 1.807) is 24.3 Å². The van der Waals surface area contributed by atoms with Crippen LogP contribution in [0.4, 0.5) is 0 Å². The van der Waals surface area contributed by atoms with Crippen molar-refractivity contribution < 1.29 is 9.90 Å². The molecule has 82 valence electrons. The van der Waals surface area contributed by atoms with Crippen molar-refractivity contribution in [2.75, 3.05) is 6.54 Å². The first kappa shape index (κ1) is 10.9. The number of phenols is 1. The predicted molar refractivity (Wildman–Crippen MR) is 64.0 cm³/mol. The number of halogens is 1. The highest BCUT2D eigenvalue weighted by Gasteiger charge is 2.13. The molecule has 0 aliphatic carbocycles. The molecule has 0 saturated carbocycles. The molecule has 2 rings (SSSR count). The molecule has 0 radical (unpaired) electrons. The highest BCUT2D eigenvalue weighted by Crippen LogP contribution is 2.29. The third-order valence-electron chi connectivity index (χ3n) is 2.42. The lowest BCUT2D eigenvalue weighted by atomic mass is 10.0. The second-order valence-electron chi connectivity index (χ2n) is 3.45. The highest BCUT2D eigenvalue weighted by molar-refractivity contribution is 6.31. The maximum atomic E-state index is 11.6. The van der Waals surface area contributed by atoms with E-state index in [9.17, 15) is 9.90 Å². The summed E-state index contributed by atoms with van der Waals surface area (Å²) in [6.07, 6.45) is 0. The summed E-state index contributed by atoms with van der Waals surface area (Å²) in [6, 6.07) is 8.31.